The number of carbonyl (C=O) groups excluding carboxylic acids is 1. The van der Waals surface area contributed by atoms with Crippen LogP contribution in [0.1, 0.15) is 32.6 Å². The van der Waals surface area contributed by atoms with Gasteiger partial charge in [-0.05, 0) is 44.0 Å². The van der Waals surface area contributed by atoms with Gasteiger partial charge in [-0.3, -0.25) is 4.90 Å². The lowest BCUT2D eigenvalue weighted by atomic mass is 10.2. The summed E-state index contributed by atoms with van der Waals surface area (Å²) in [6, 6.07) is 7.90. The largest absolute Gasteiger partial charge is 0.365 e. The number of hydrogen-bond donors (Lipinski definition) is 3. The second kappa shape index (κ2) is 9.41. The molecule has 162 valence electrons. The van der Waals surface area contributed by atoms with E-state index in [4.69, 9.17) is 0 Å². The van der Waals surface area contributed by atoms with Gasteiger partial charge in [0, 0.05) is 25.3 Å². The van der Waals surface area contributed by atoms with E-state index in [1.165, 1.54) is 24.1 Å². The first-order chi connectivity index (χ1) is 15.1. The molecule has 3 N–H and O–H groups in total. The van der Waals surface area contributed by atoms with Crippen molar-refractivity contribution in [2.24, 2.45) is 0 Å². The Morgan fingerprint density at radius 3 is 2.68 bits per heavy atom. The highest BCUT2D eigenvalue weighted by molar-refractivity contribution is 5.94. The number of nitrogens with zero attached hydrogens (tertiary/aromatic N) is 6. The normalized spacial score (nSPS) is 13.7. The summed E-state index contributed by atoms with van der Waals surface area (Å²) in [5, 5.41) is 13.7. The number of anilines is 4. The van der Waals surface area contributed by atoms with Crippen molar-refractivity contribution in [1.29, 1.82) is 0 Å². The molecule has 1 aliphatic rings. The minimum Gasteiger partial charge on any atom is -0.365 e. The predicted molar refractivity (Wildman–Crippen MR) is 120 cm³/mol. The molecule has 3 aromatic rings. The smallest absolute Gasteiger partial charge is 0.321 e. The molecule has 31 heavy (non-hydrogen) atoms. The molecule has 1 fully saturated rings. The van der Waals surface area contributed by atoms with Crippen LogP contribution >= 0.6 is 0 Å². The van der Waals surface area contributed by atoms with Gasteiger partial charge in [-0.1, -0.05) is 12.8 Å². The average Bonchev–Trinajstić information content (AvgIpc) is 3.49. The zero-order chi connectivity index (χ0) is 21.6. The zero-order valence-electron chi connectivity index (χ0n) is 17.7. The molecule has 0 aliphatic heterocycles. The van der Waals surface area contributed by atoms with E-state index in [9.17, 15) is 4.79 Å². The number of nitrogens with one attached hydrogen (secondary N) is 3. The lowest BCUT2D eigenvalue weighted by Gasteiger charge is -2.23. The van der Waals surface area contributed by atoms with Crippen LogP contribution in [-0.2, 0) is 0 Å². The van der Waals surface area contributed by atoms with Crippen LogP contribution in [0.2, 0.25) is 0 Å². The molecule has 0 bridgehead atoms. The molecule has 2 heterocycles. The molecule has 0 saturated heterocycles. The molecular formula is C21H27N9O. The van der Waals surface area contributed by atoms with E-state index in [0.29, 0.717) is 30.0 Å². The summed E-state index contributed by atoms with van der Waals surface area (Å²) in [4.78, 5) is 27.0. The Morgan fingerprint density at radius 1 is 1.23 bits per heavy atom. The maximum absolute atomic E-state index is 12.3. The molecule has 0 radical (unpaired) electrons. The monoisotopic (exact) mass is 421 g/mol. The number of urea groups is 1. The number of amides is 2. The summed E-state index contributed by atoms with van der Waals surface area (Å²) < 4.78 is 1.69. The van der Waals surface area contributed by atoms with Crippen molar-refractivity contribution in [3.05, 3.63) is 43.1 Å². The van der Waals surface area contributed by atoms with Gasteiger partial charge >= 0.3 is 6.03 Å². The maximum atomic E-state index is 12.3. The van der Waals surface area contributed by atoms with Crippen molar-refractivity contribution in [2.45, 2.75) is 38.6 Å². The van der Waals surface area contributed by atoms with Gasteiger partial charge in [0.25, 0.3) is 0 Å². The Hall–Kier alpha value is -3.69. The molecule has 10 nitrogen and oxygen atoms in total. The first kappa shape index (κ1) is 20.6. The van der Waals surface area contributed by atoms with Gasteiger partial charge in [-0.25, -0.2) is 19.4 Å². The molecule has 4 rings (SSSR count). The van der Waals surface area contributed by atoms with Crippen molar-refractivity contribution in [1.82, 2.24) is 30.0 Å². The number of hydrogen-bond acceptors (Lipinski definition) is 7. The summed E-state index contributed by atoms with van der Waals surface area (Å²) in [7, 11) is 1.72. The minimum atomic E-state index is -0.190. The standard InChI is InChI=1S/C21H27N9O/c1-3-23-21(31)29(2)18-12-24-20(28-19(18)26-15-6-4-5-7-15)27-16-8-10-17(11-9-16)30-14-22-13-25-30/h8-15H,3-7H2,1-2H3,(H,23,31)(H2,24,26,27,28). The van der Waals surface area contributed by atoms with E-state index in [0.717, 1.165) is 24.2 Å². The fraction of sp³-hybridized carbons (Fsp3) is 0.381. The van der Waals surface area contributed by atoms with Crippen LogP contribution in [0, 0.1) is 0 Å². The molecule has 1 aromatic carbocycles. The molecule has 0 atom stereocenters. The highest BCUT2D eigenvalue weighted by atomic mass is 16.2. The van der Waals surface area contributed by atoms with E-state index in [1.54, 1.807) is 24.3 Å². The number of benzene rings is 1. The SMILES string of the molecule is CCNC(=O)N(C)c1cnc(Nc2ccc(-n3cncn3)cc2)nc1NC1CCCC1. The van der Waals surface area contributed by atoms with Crippen LogP contribution in [0.4, 0.5) is 27.9 Å². The summed E-state index contributed by atoms with van der Waals surface area (Å²) in [5.41, 5.74) is 2.40. The first-order valence-electron chi connectivity index (χ1n) is 10.5. The number of rotatable bonds is 7. The average molecular weight is 422 g/mol. The Labute approximate surface area is 181 Å². The van der Waals surface area contributed by atoms with Crippen LogP contribution < -0.4 is 20.9 Å². The van der Waals surface area contributed by atoms with E-state index < -0.39 is 0 Å². The fourth-order valence-corrected chi connectivity index (χ4v) is 3.60. The van der Waals surface area contributed by atoms with E-state index >= 15 is 0 Å². The third kappa shape index (κ3) is 4.90. The Morgan fingerprint density at radius 2 is 2.00 bits per heavy atom. The van der Waals surface area contributed by atoms with Crippen molar-refractivity contribution in [3.63, 3.8) is 0 Å². The van der Waals surface area contributed by atoms with Crippen LogP contribution in [0.5, 0.6) is 0 Å². The Kier molecular flexibility index (Phi) is 6.25. The molecule has 2 aromatic heterocycles. The second-order valence-electron chi connectivity index (χ2n) is 7.46. The summed E-state index contributed by atoms with van der Waals surface area (Å²) in [6.07, 6.45) is 9.42. The van der Waals surface area contributed by atoms with Gasteiger partial charge in [0.15, 0.2) is 5.82 Å². The molecule has 1 aliphatic carbocycles. The van der Waals surface area contributed by atoms with E-state index in [2.05, 4.69) is 36.0 Å². The highest BCUT2D eigenvalue weighted by Crippen LogP contribution is 2.29. The van der Waals surface area contributed by atoms with Crippen molar-refractivity contribution >= 4 is 29.2 Å². The summed E-state index contributed by atoms with van der Waals surface area (Å²) in [6.45, 7) is 2.45. The number of carbonyl (C=O) groups is 1. The van der Waals surface area contributed by atoms with Gasteiger partial charge in [0.2, 0.25) is 5.95 Å². The quantitative estimate of drug-likeness (QED) is 0.536. The van der Waals surface area contributed by atoms with Crippen LogP contribution in [0.25, 0.3) is 5.69 Å². The molecular weight excluding hydrogens is 394 g/mol. The summed E-state index contributed by atoms with van der Waals surface area (Å²) >= 11 is 0. The third-order valence-electron chi connectivity index (χ3n) is 5.27. The molecule has 2 amide bonds. The Bertz CT molecular complexity index is 998. The van der Waals surface area contributed by atoms with Gasteiger partial charge in [0.1, 0.15) is 18.3 Å². The van der Waals surface area contributed by atoms with Crippen LogP contribution in [-0.4, -0.2) is 50.4 Å². The third-order valence-corrected chi connectivity index (χ3v) is 5.27. The number of aromatic nitrogens is 5. The zero-order valence-corrected chi connectivity index (χ0v) is 17.7. The highest BCUT2D eigenvalue weighted by Gasteiger charge is 2.21. The molecule has 0 unspecified atom stereocenters. The molecule has 10 heteroatoms. The van der Waals surface area contributed by atoms with Crippen LogP contribution in [0.3, 0.4) is 0 Å². The van der Waals surface area contributed by atoms with Gasteiger partial charge in [0.05, 0.1) is 11.9 Å². The van der Waals surface area contributed by atoms with Gasteiger partial charge < -0.3 is 16.0 Å². The maximum Gasteiger partial charge on any atom is 0.321 e. The predicted octanol–water partition coefficient (Wildman–Crippen LogP) is 3.32. The second-order valence-corrected chi connectivity index (χ2v) is 7.46. The fourth-order valence-electron chi connectivity index (χ4n) is 3.60. The van der Waals surface area contributed by atoms with E-state index in [-0.39, 0.29) is 6.03 Å². The van der Waals surface area contributed by atoms with Gasteiger partial charge in [-0.15, -0.1) is 0 Å². The lowest BCUT2D eigenvalue weighted by molar-refractivity contribution is 0.248. The van der Waals surface area contributed by atoms with E-state index in [1.807, 2.05) is 31.2 Å². The van der Waals surface area contributed by atoms with Gasteiger partial charge in [-0.2, -0.15) is 10.1 Å². The first-order valence-corrected chi connectivity index (χ1v) is 10.5. The van der Waals surface area contributed by atoms with Crippen molar-refractivity contribution in [3.8, 4) is 5.69 Å². The minimum absolute atomic E-state index is 0.190. The lowest BCUT2D eigenvalue weighted by Crippen LogP contribution is -2.38. The topological polar surface area (TPSA) is 113 Å². The van der Waals surface area contributed by atoms with Crippen molar-refractivity contribution in [2.75, 3.05) is 29.1 Å². The van der Waals surface area contributed by atoms with Crippen molar-refractivity contribution < 1.29 is 4.79 Å². The Balaban J connectivity index is 1.55. The summed E-state index contributed by atoms with van der Waals surface area (Å²) in [5.74, 6) is 1.11. The molecule has 1 saturated carbocycles. The molecule has 0 spiro atoms. The van der Waals surface area contributed by atoms with Crippen LogP contribution in [0.15, 0.2) is 43.1 Å².